The molecule has 6 heteroatoms. The number of aromatic nitrogens is 3. The molecule has 0 atom stereocenters. The summed E-state index contributed by atoms with van der Waals surface area (Å²) in [6.45, 7) is 3.15. The van der Waals surface area contributed by atoms with Gasteiger partial charge in [-0.3, -0.25) is 4.57 Å². The van der Waals surface area contributed by atoms with Crippen LogP contribution in [-0.2, 0) is 6.54 Å². The van der Waals surface area contributed by atoms with Crippen molar-refractivity contribution >= 4 is 33.0 Å². The van der Waals surface area contributed by atoms with Crippen LogP contribution in [0.15, 0.2) is 41.0 Å². The first-order valence-electron chi connectivity index (χ1n) is 6.60. The normalized spacial score (nSPS) is 11.0. The summed E-state index contributed by atoms with van der Waals surface area (Å²) in [5, 5.41) is 0. The quantitative estimate of drug-likeness (QED) is 0.787. The predicted molar refractivity (Wildman–Crippen MR) is 86.3 cm³/mol. The van der Waals surface area contributed by atoms with E-state index in [1.165, 1.54) is 5.56 Å². The molecule has 3 rings (SSSR count). The summed E-state index contributed by atoms with van der Waals surface area (Å²) < 4.78 is 8.49. The summed E-state index contributed by atoms with van der Waals surface area (Å²) in [6.07, 6.45) is 1.74. The summed E-state index contributed by atoms with van der Waals surface area (Å²) in [5.74, 6) is 1.30. The van der Waals surface area contributed by atoms with E-state index in [1.807, 2.05) is 41.8 Å². The van der Waals surface area contributed by atoms with E-state index in [-0.39, 0.29) is 0 Å². The highest BCUT2D eigenvalue weighted by Crippen LogP contribution is 2.19. The molecule has 0 aliphatic rings. The molecule has 0 aliphatic carbocycles. The SMILES string of the molecule is Cc1cccc(OCCn2c(N)nc3cc(Br)cnc32)c1. The summed E-state index contributed by atoms with van der Waals surface area (Å²) in [6, 6.07) is 9.86. The Morgan fingerprint density at radius 3 is 3.00 bits per heavy atom. The zero-order valence-electron chi connectivity index (χ0n) is 11.6. The lowest BCUT2D eigenvalue weighted by atomic mass is 10.2. The van der Waals surface area contributed by atoms with Gasteiger partial charge in [-0.15, -0.1) is 0 Å². The summed E-state index contributed by atoms with van der Waals surface area (Å²) >= 11 is 3.38. The highest BCUT2D eigenvalue weighted by Gasteiger charge is 2.09. The van der Waals surface area contributed by atoms with E-state index in [2.05, 4.69) is 25.9 Å². The van der Waals surface area contributed by atoms with Gasteiger partial charge in [0.25, 0.3) is 0 Å². The number of ether oxygens (including phenoxy) is 1. The molecule has 2 N–H and O–H groups in total. The highest BCUT2D eigenvalue weighted by molar-refractivity contribution is 9.10. The average molecular weight is 347 g/mol. The van der Waals surface area contributed by atoms with Crippen LogP contribution in [0.2, 0.25) is 0 Å². The van der Waals surface area contributed by atoms with Gasteiger partial charge in [0.2, 0.25) is 5.95 Å². The smallest absolute Gasteiger partial charge is 0.202 e. The Morgan fingerprint density at radius 2 is 2.19 bits per heavy atom. The number of hydrogen-bond donors (Lipinski definition) is 1. The minimum absolute atomic E-state index is 0.448. The van der Waals surface area contributed by atoms with Gasteiger partial charge in [0.15, 0.2) is 5.65 Å². The number of aryl methyl sites for hydroxylation is 1. The number of rotatable bonds is 4. The number of fused-ring (bicyclic) bond motifs is 1. The fourth-order valence-corrected chi connectivity index (χ4v) is 2.50. The van der Waals surface area contributed by atoms with Crippen LogP contribution in [0.3, 0.4) is 0 Å². The second kappa shape index (κ2) is 5.73. The van der Waals surface area contributed by atoms with E-state index in [1.54, 1.807) is 6.20 Å². The molecule has 21 heavy (non-hydrogen) atoms. The molecule has 0 amide bonds. The summed E-state index contributed by atoms with van der Waals surface area (Å²) in [7, 11) is 0. The predicted octanol–water partition coefficient (Wildman–Crippen LogP) is 3.16. The summed E-state index contributed by atoms with van der Waals surface area (Å²) in [5.41, 5.74) is 8.66. The van der Waals surface area contributed by atoms with Crippen LogP contribution < -0.4 is 10.5 Å². The molecule has 0 saturated heterocycles. The number of nitrogens with two attached hydrogens (primary N) is 1. The van der Waals surface area contributed by atoms with Crippen molar-refractivity contribution in [1.82, 2.24) is 14.5 Å². The molecule has 2 aromatic heterocycles. The van der Waals surface area contributed by atoms with E-state index in [4.69, 9.17) is 10.5 Å². The van der Waals surface area contributed by atoms with Crippen molar-refractivity contribution < 1.29 is 4.74 Å². The van der Waals surface area contributed by atoms with Gasteiger partial charge in [-0.25, -0.2) is 9.97 Å². The fourth-order valence-electron chi connectivity index (χ4n) is 2.18. The Morgan fingerprint density at radius 1 is 1.33 bits per heavy atom. The van der Waals surface area contributed by atoms with Crippen molar-refractivity contribution in [3.63, 3.8) is 0 Å². The van der Waals surface area contributed by atoms with E-state index in [9.17, 15) is 0 Å². The Bertz CT molecular complexity index is 784. The first kappa shape index (κ1) is 13.9. The second-order valence-electron chi connectivity index (χ2n) is 4.78. The van der Waals surface area contributed by atoms with Crippen LogP contribution >= 0.6 is 15.9 Å². The number of hydrogen-bond acceptors (Lipinski definition) is 4. The molecule has 0 saturated carbocycles. The zero-order chi connectivity index (χ0) is 14.8. The first-order chi connectivity index (χ1) is 10.1. The zero-order valence-corrected chi connectivity index (χ0v) is 13.2. The molecular weight excluding hydrogens is 332 g/mol. The highest BCUT2D eigenvalue weighted by atomic mass is 79.9. The van der Waals surface area contributed by atoms with E-state index in [0.717, 1.165) is 21.4 Å². The van der Waals surface area contributed by atoms with Gasteiger partial charge in [-0.05, 0) is 46.6 Å². The third kappa shape index (κ3) is 3.00. The number of halogens is 1. The van der Waals surface area contributed by atoms with Crippen LogP contribution in [0.1, 0.15) is 5.56 Å². The van der Waals surface area contributed by atoms with Crippen molar-refractivity contribution in [1.29, 1.82) is 0 Å². The third-order valence-corrected chi connectivity index (χ3v) is 3.59. The van der Waals surface area contributed by atoms with Crippen molar-refractivity contribution in [3.05, 3.63) is 46.6 Å². The molecule has 5 nitrogen and oxygen atoms in total. The van der Waals surface area contributed by atoms with Crippen molar-refractivity contribution in [2.75, 3.05) is 12.3 Å². The standard InChI is InChI=1S/C15H15BrN4O/c1-10-3-2-4-12(7-10)21-6-5-20-14-13(19-15(20)17)8-11(16)9-18-14/h2-4,7-9H,5-6H2,1H3,(H2,17,19). The van der Waals surface area contributed by atoms with Crippen molar-refractivity contribution in [2.24, 2.45) is 0 Å². The van der Waals surface area contributed by atoms with E-state index in [0.29, 0.717) is 19.1 Å². The van der Waals surface area contributed by atoms with Gasteiger partial charge in [-0.2, -0.15) is 0 Å². The third-order valence-electron chi connectivity index (χ3n) is 3.15. The Kier molecular flexibility index (Phi) is 3.79. The van der Waals surface area contributed by atoms with Crippen LogP contribution in [0.25, 0.3) is 11.2 Å². The fraction of sp³-hybridized carbons (Fsp3) is 0.200. The van der Waals surface area contributed by atoms with Gasteiger partial charge in [-0.1, -0.05) is 12.1 Å². The molecule has 0 fully saturated rings. The molecule has 0 spiro atoms. The number of anilines is 1. The van der Waals surface area contributed by atoms with Crippen LogP contribution in [-0.4, -0.2) is 21.1 Å². The minimum Gasteiger partial charge on any atom is -0.492 e. The molecule has 2 heterocycles. The van der Waals surface area contributed by atoms with Crippen molar-refractivity contribution in [2.45, 2.75) is 13.5 Å². The largest absolute Gasteiger partial charge is 0.492 e. The average Bonchev–Trinajstić information content (AvgIpc) is 2.74. The Labute approximate surface area is 130 Å². The van der Waals surface area contributed by atoms with Crippen LogP contribution in [0.5, 0.6) is 5.75 Å². The molecular formula is C15H15BrN4O. The molecule has 0 unspecified atom stereocenters. The molecule has 0 aliphatic heterocycles. The van der Waals surface area contributed by atoms with Gasteiger partial charge in [0.05, 0.1) is 6.54 Å². The maximum atomic E-state index is 5.95. The minimum atomic E-state index is 0.448. The monoisotopic (exact) mass is 346 g/mol. The number of nitrogen functional groups attached to an aromatic ring is 1. The maximum absolute atomic E-state index is 5.95. The maximum Gasteiger partial charge on any atom is 0.202 e. The van der Waals surface area contributed by atoms with Gasteiger partial charge < -0.3 is 10.5 Å². The number of benzene rings is 1. The van der Waals surface area contributed by atoms with Crippen LogP contribution in [0, 0.1) is 6.92 Å². The molecule has 1 aromatic carbocycles. The molecule has 108 valence electrons. The molecule has 0 radical (unpaired) electrons. The van der Waals surface area contributed by atoms with E-state index >= 15 is 0 Å². The van der Waals surface area contributed by atoms with Gasteiger partial charge in [0, 0.05) is 10.7 Å². The van der Waals surface area contributed by atoms with Gasteiger partial charge in [0.1, 0.15) is 17.9 Å². The lowest BCUT2D eigenvalue weighted by molar-refractivity contribution is 0.300. The van der Waals surface area contributed by atoms with Crippen LogP contribution in [0.4, 0.5) is 5.95 Å². The number of pyridine rings is 1. The van der Waals surface area contributed by atoms with E-state index < -0.39 is 0 Å². The van der Waals surface area contributed by atoms with Crippen molar-refractivity contribution in [3.8, 4) is 5.75 Å². The van der Waals surface area contributed by atoms with Gasteiger partial charge >= 0.3 is 0 Å². The Hall–Kier alpha value is -2.08. The molecule has 3 aromatic rings. The number of imidazole rings is 1. The second-order valence-corrected chi connectivity index (χ2v) is 5.70. The topological polar surface area (TPSA) is 66.0 Å². The first-order valence-corrected chi connectivity index (χ1v) is 7.39. The number of nitrogens with zero attached hydrogens (tertiary/aromatic N) is 3. The lowest BCUT2D eigenvalue weighted by Crippen LogP contribution is -2.11. The Balaban J connectivity index is 1.75. The molecule has 0 bridgehead atoms. The summed E-state index contributed by atoms with van der Waals surface area (Å²) in [4.78, 5) is 8.67. The lowest BCUT2D eigenvalue weighted by Gasteiger charge is -2.09.